The Morgan fingerprint density at radius 2 is 0.767 bits per heavy atom. The van der Waals surface area contributed by atoms with Gasteiger partial charge in [0.1, 0.15) is 16.8 Å². The second kappa shape index (κ2) is 38.3. The first-order valence-electron chi connectivity index (χ1n) is 41.4. The van der Waals surface area contributed by atoms with Crippen molar-refractivity contribution in [3.63, 3.8) is 0 Å². The van der Waals surface area contributed by atoms with Crippen molar-refractivity contribution >= 4 is 29.8 Å². The molecule has 103 heavy (non-hydrogen) atoms. The highest BCUT2D eigenvalue weighted by atomic mass is 16.7. The molecule has 0 heterocycles. The predicted molar refractivity (Wildman–Crippen MR) is 426 cm³/mol. The molecule has 12 rings (SSSR count). The molecule has 0 spiro atoms. The molecule has 12 saturated carbocycles. The smallest absolute Gasteiger partial charge is 0.313 e. The van der Waals surface area contributed by atoms with E-state index < -0.39 is 23.4 Å². The molecule has 10 bridgehead atoms. The third-order valence-corrected chi connectivity index (χ3v) is 29.9. The minimum Gasteiger partial charge on any atom is -0.459 e. The first-order chi connectivity index (χ1) is 45.9. The van der Waals surface area contributed by atoms with Crippen LogP contribution in [-0.2, 0) is 57.1 Å². The molecular formula is C91H168O12. The van der Waals surface area contributed by atoms with Crippen molar-refractivity contribution in [2.24, 2.45) is 122 Å². The van der Waals surface area contributed by atoms with Crippen LogP contribution < -0.4 is 0 Å². The van der Waals surface area contributed by atoms with Gasteiger partial charge in [-0.3, -0.25) is 24.0 Å². The molecular weight excluding hydrogens is 1280 g/mol. The van der Waals surface area contributed by atoms with Crippen LogP contribution in [0.3, 0.4) is 0 Å². The van der Waals surface area contributed by atoms with Gasteiger partial charge in [0.2, 0.25) is 0 Å². The molecule has 19 unspecified atom stereocenters. The summed E-state index contributed by atoms with van der Waals surface area (Å²) < 4.78 is 41.4. The van der Waals surface area contributed by atoms with Crippen molar-refractivity contribution in [1.29, 1.82) is 0 Å². The van der Waals surface area contributed by atoms with Gasteiger partial charge in [-0.15, -0.1) is 0 Å². The molecule has 0 aliphatic heterocycles. The van der Waals surface area contributed by atoms with Crippen molar-refractivity contribution < 1.29 is 57.1 Å². The molecule has 12 nitrogen and oxygen atoms in total. The highest BCUT2D eigenvalue weighted by Crippen LogP contribution is 2.72. The Morgan fingerprint density at radius 3 is 1.19 bits per heavy atom. The maximum Gasteiger partial charge on any atom is 0.313 e. The minimum absolute atomic E-state index is 0. The van der Waals surface area contributed by atoms with Gasteiger partial charge >= 0.3 is 29.8 Å². The number of fused-ring (bicyclic) bond motifs is 20. The Hall–Kier alpha value is -2.73. The molecule has 0 amide bonds. The van der Waals surface area contributed by atoms with E-state index in [4.69, 9.17) is 33.2 Å². The highest BCUT2D eigenvalue weighted by Gasteiger charge is 2.69. The van der Waals surface area contributed by atoms with Crippen molar-refractivity contribution in [2.75, 3.05) is 0 Å². The van der Waals surface area contributed by atoms with Crippen LogP contribution >= 0.6 is 0 Å². The van der Waals surface area contributed by atoms with Gasteiger partial charge in [-0.05, 0) is 352 Å². The topological polar surface area (TPSA) is 150 Å². The quantitative estimate of drug-likeness (QED) is 0.0439. The van der Waals surface area contributed by atoms with Crippen LogP contribution in [0, 0.1) is 122 Å². The Balaban J connectivity index is 0.000000333. The summed E-state index contributed by atoms with van der Waals surface area (Å²) in [5, 5.41) is 0. The lowest BCUT2D eigenvalue weighted by atomic mass is 9.63. The van der Waals surface area contributed by atoms with Crippen LogP contribution in [-0.4, -0.2) is 71.4 Å². The molecule has 12 aliphatic carbocycles. The predicted octanol–water partition coefficient (Wildman–Crippen LogP) is 25.0. The van der Waals surface area contributed by atoms with Crippen LogP contribution in [0.1, 0.15) is 389 Å². The van der Waals surface area contributed by atoms with Crippen molar-refractivity contribution in [3.8, 4) is 0 Å². The third-order valence-electron chi connectivity index (χ3n) is 29.9. The molecule has 604 valence electrons. The molecule has 0 aromatic heterocycles. The minimum atomic E-state index is -0.415. The number of ether oxygens (including phenoxy) is 7. The normalized spacial score (nSPS) is 33.2. The number of hydrogen-bond acceptors (Lipinski definition) is 12. The molecule has 0 aromatic carbocycles. The van der Waals surface area contributed by atoms with Gasteiger partial charge in [-0.1, -0.05) is 126 Å². The average molecular weight is 1450 g/mol. The third kappa shape index (κ3) is 21.0. The second-order valence-corrected chi connectivity index (χ2v) is 38.3. The largest absolute Gasteiger partial charge is 0.459 e. The lowest BCUT2D eigenvalue weighted by molar-refractivity contribution is -0.202. The van der Waals surface area contributed by atoms with Crippen molar-refractivity contribution in [2.45, 2.75) is 430 Å². The standard InChI is InChI=1S/C21H34O2.C20H32O3.C16H30O2.C15H26O3.C14H26O2.5CH4/c1-6-20(4,5)19(22)23-21(12(2)3)11-15-10-16(21)18-14-8-7-13(9-14)17(15)18;1-5-20(3,4)19(21)23-11(2)22-16-10-14-9-15(16)18-13-7-6-12(8-13)17(14)18;1-5-15(3,4)14(17)18-16(6-2)12-10-8-7-9-11-13-16;1-5-15(3,4)14(16)18-10(2)17-13-9-11-6-7-12(13)8-11;1-6-13(4,5)12(15)16-14(11(2)3)9-7-8-10-14;;;;;/h12-18H,6-11H2,1-5H3;11-18H,5-10H2,1-4H3;5-13H2,1-4H3;10-13H,5-9H2,1-4H3;11H,6-10H2,1-5H3;5*1H4. The van der Waals surface area contributed by atoms with Crippen LogP contribution in [0.4, 0.5) is 0 Å². The molecule has 0 N–H and O–H groups in total. The van der Waals surface area contributed by atoms with E-state index in [1.807, 2.05) is 104 Å². The number of hydrogen-bond donors (Lipinski definition) is 0. The number of rotatable bonds is 22. The van der Waals surface area contributed by atoms with Crippen molar-refractivity contribution in [3.05, 3.63) is 0 Å². The van der Waals surface area contributed by atoms with E-state index in [1.54, 1.807) is 0 Å². The van der Waals surface area contributed by atoms with Gasteiger partial charge in [0.15, 0.2) is 12.6 Å². The summed E-state index contributed by atoms with van der Waals surface area (Å²) in [7, 11) is 0. The van der Waals surface area contributed by atoms with Gasteiger partial charge in [0, 0.05) is 5.92 Å². The first-order valence-corrected chi connectivity index (χ1v) is 41.4. The van der Waals surface area contributed by atoms with Gasteiger partial charge in [0.05, 0.1) is 39.3 Å². The molecule has 0 radical (unpaired) electrons. The second-order valence-electron chi connectivity index (χ2n) is 38.3. The number of carbonyl (C=O) groups excluding carboxylic acids is 5. The van der Waals surface area contributed by atoms with E-state index >= 15 is 0 Å². The zero-order chi connectivity index (χ0) is 72.3. The van der Waals surface area contributed by atoms with Crippen LogP contribution in [0.5, 0.6) is 0 Å². The average Bonchev–Trinajstić information content (AvgIpc) is 1.54. The van der Waals surface area contributed by atoms with Gasteiger partial charge < -0.3 is 33.2 Å². The lowest BCUT2D eigenvalue weighted by Gasteiger charge is -2.49. The summed E-state index contributed by atoms with van der Waals surface area (Å²) in [5.41, 5.74) is -2.38. The molecule has 12 aliphatic rings. The van der Waals surface area contributed by atoms with E-state index in [1.165, 1.54) is 122 Å². The lowest BCUT2D eigenvalue weighted by Crippen LogP contribution is -2.52. The van der Waals surface area contributed by atoms with Gasteiger partial charge in [-0.25, -0.2) is 0 Å². The Kier molecular flexibility index (Phi) is 35.1. The van der Waals surface area contributed by atoms with Crippen LogP contribution in [0.15, 0.2) is 0 Å². The van der Waals surface area contributed by atoms with E-state index in [2.05, 4.69) is 48.5 Å². The number of esters is 5. The van der Waals surface area contributed by atoms with E-state index in [0.717, 1.165) is 148 Å². The summed E-state index contributed by atoms with van der Waals surface area (Å²) in [5.74, 6) is 13.0. The molecule has 12 fully saturated rings. The molecule has 19 atom stereocenters. The van der Waals surface area contributed by atoms with Gasteiger partial charge in [-0.2, -0.15) is 0 Å². The first kappa shape index (κ1) is 94.5. The van der Waals surface area contributed by atoms with E-state index in [9.17, 15) is 24.0 Å². The molecule has 0 saturated heterocycles. The van der Waals surface area contributed by atoms with Gasteiger partial charge in [0.25, 0.3) is 0 Å². The SMILES string of the molecule is C.C.C.C.C.CCC(C)(C)C(=O)OC(C)OC1CC2CC1C1C3CCC(C3)C21.CCC(C)(C)C(=O)OC(C)OC1CC2CCC1C2.CCC(C)(C)C(=O)OC1(C(C)C)CC2CC1C1C3CCC(C3)C21.CCC(C)(C)C(=O)OC1(C(C)C)CCCC1.CCC1(OC(=O)C(C)(C)CC)CCCCCCC1. The van der Waals surface area contributed by atoms with E-state index in [-0.39, 0.29) is 100 Å². The maximum absolute atomic E-state index is 12.9. The summed E-state index contributed by atoms with van der Waals surface area (Å²) in [6.07, 6.45) is 36.8. The summed E-state index contributed by atoms with van der Waals surface area (Å²) in [6.45, 7) is 44.7. The monoisotopic (exact) mass is 1450 g/mol. The molecule has 12 heteroatoms. The summed E-state index contributed by atoms with van der Waals surface area (Å²) >= 11 is 0. The van der Waals surface area contributed by atoms with E-state index in [0.29, 0.717) is 35.9 Å². The fourth-order valence-electron chi connectivity index (χ4n) is 21.2. The maximum atomic E-state index is 12.9. The fraction of sp³-hybridized carbons (Fsp3) is 0.945. The Bertz CT molecular complexity index is 2620. The van der Waals surface area contributed by atoms with Crippen LogP contribution in [0.25, 0.3) is 0 Å². The zero-order valence-corrected chi connectivity index (χ0v) is 66.9. The van der Waals surface area contributed by atoms with Crippen molar-refractivity contribution in [1.82, 2.24) is 0 Å². The summed E-state index contributed by atoms with van der Waals surface area (Å²) in [4.78, 5) is 61.5. The Labute approximate surface area is 635 Å². The Morgan fingerprint density at radius 1 is 0.369 bits per heavy atom. The van der Waals surface area contributed by atoms with Crippen LogP contribution in [0.2, 0.25) is 0 Å². The molecule has 0 aromatic rings. The highest BCUT2D eigenvalue weighted by molar-refractivity contribution is 5.78. The fourth-order valence-corrected chi connectivity index (χ4v) is 21.2. The number of carbonyl (C=O) groups is 5. The summed E-state index contributed by atoms with van der Waals surface area (Å²) in [6, 6.07) is 0. The zero-order valence-electron chi connectivity index (χ0n) is 66.9.